The van der Waals surface area contributed by atoms with Gasteiger partial charge in [-0.15, -0.1) is 23.5 Å². The van der Waals surface area contributed by atoms with Gasteiger partial charge in [0.2, 0.25) is 0 Å². The Balaban J connectivity index is 2.24. The molecule has 132 valence electrons. The molecule has 0 bridgehead atoms. The van der Waals surface area contributed by atoms with Crippen LogP contribution in [0.3, 0.4) is 0 Å². The molecule has 0 aliphatic carbocycles. The first-order valence-electron chi connectivity index (χ1n) is 8.05. The largest absolute Gasteiger partial charge is 0.508 e. The zero-order chi connectivity index (χ0) is 18.0. The number of rotatable bonds is 3. The Morgan fingerprint density at radius 1 is 1.12 bits per heavy atom. The fraction of sp³-hybridized carbons (Fsp3) is 0.316. The van der Waals surface area contributed by atoms with Crippen LogP contribution in [0.2, 0.25) is 5.02 Å². The lowest BCUT2D eigenvalue weighted by Crippen LogP contribution is -2.34. The molecule has 0 saturated carbocycles. The number of phenols is 1. The average Bonchev–Trinajstić information content (AvgIpc) is 2.61. The zero-order valence-electron chi connectivity index (χ0n) is 14.1. The van der Waals surface area contributed by atoms with E-state index in [1.54, 1.807) is 29.6 Å². The van der Waals surface area contributed by atoms with Crippen molar-refractivity contribution in [2.45, 2.75) is 24.3 Å². The van der Waals surface area contributed by atoms with Crippen LogP contribution in [0.4, 0.5) is 0 Å². The lowest BCUT2D eigenvalue weighted by atomic mass is 9.95. The van der Waals surface area contributed by atoms with E-state index in [1.807, 2.05) is 44.2 Å². The molecule has 2 aromatic rings. The van der Waals surface area contributed by atoms with E-state index in [-0.39, 0.29) is 5.75 Å². The van der Waals surface area contributed by atoms with E-state index in [0.717, 1.165) is 40.2 Å². The van der Waals surface area contributed by atoms with Gasteiger partial charge < -0.3 is 10.3 Å². The first kappa shape index (κ1) is 18.5. The van der Waals surface area contributed by atoms with Crippen molar-refractivity contribution in [3.05, 3.63) is 63.7 Å². The van der Waals surface area contributed by atoms with Gasteiger partial charge in [-0.25, -0.2) is 0 Å². The number of halogens is 1. The van der Waals surface area contributed by atoms with Gasteiger partial charge in [0, 0.05) is 10.6 Å². The second-order valence-electron chi connectivity index (χ2n) is 6.05. The first-order chi connectivity index (χ1) is 12.0. The van der Waals surface area contributed by atoms with Crippen LogP contribution < -0.4 is 0 Å². The molecule has 1 aliphatic rings. The van der Waals surface area contributed by atoms with Gasteiger partial charge in [-0.05, 0) is 66.7 Å². The Bertz CT molecular complexity index is 817. The van der Waals surface area contributed by atoms with Crippen molar-refractivity contribution in [1.29, 1.82) is 0 Å². The standard InChI is InChI=1S/C19H20ClNO2S2/c1-12-11-17(22)13(2)10-15(12)19(24-8-5-9-25-19)18(21-23)14-6-3-4-7-16(14)20/h3-4,6-7,10-11,22-23H,5,8-9H2,1-2H3/b21-18+. The quantitative estimate of drug-likeness (QED) is 0.407. The highest BCUT2D eigenvalue weighted by atomic mass is 35.5. The summed E-state index contributed by atoms with van der Waals surface area (Å²) < 4.78 is -0.555. The summed E-state index contributed by atoms with van der Waals surface area (Å²) in [7, 11) is 0. The number of hydrogen-bond acceptors (Lipinski definition) is 5. The average molecular weight is 394 g/mol. The van der Waals surface area contributed by atoms with Gasteiger partial charge in [-0.2, -0.15) is 0 Å². The van der Waals surface area contributed by atoms with Gasteiger partial charge in [0.05, 0.1) is 0 Å². The Labute approximate surface area is 161 Å². The highest BCUT2D eigenvalue weighted by molar-refractivity contribution is 8.19. The highest BCUT2D eigenvalue weighted by Gasteiger charge is 2.44. The molecule has 2 N–H and O–H groups in total. The van der Waals surface area contributed by atoms with Crippen LogP contribution in [0.1, 0.15) is 28.7 Å². The third-order valence-corrected chi connectivity index (χ3v) is 8.00. The lowest BCUT2D eigenvalue weighted by Gasteiger charge is -2.38. The van der Waals surface area contributed by atoms with Gasteiger partial charge in [0.15, 0.2) is 0 Å². The van der Waals surface area contributed by atoms with Crippen molar-refractivity contribution in [1.82, 2.24) is 0 Å². The number of thioether (sulfide) groups is 2. The Kier molecular flexibility index (Phi) is 5.56. The van der Waals surface area contributed by atoms with E-state index >= 15 is 0 Å². The summed E-state index contributed by atoms with van der Waals surface area (Å²) in [6, 6.07) is 11.2. The summed E-state index contributed by atoms with van der Waals surface area (Å²) in [5.74, 6) is 2.22. The number of phenolic OH excluding ortho intramolecular Hbond substituents is 1. The Hall–Kier alpha value is -1.30. The summed E-state index contributed by atoms with van der Waals surface area (Å²) in [6.07, 6.45) is 1.11. The van der Waals surface area contributed by atoms with Crippen molar-refractivity contribution < 1.29 is 10.3 Å². The topological polar surface area (TPSA) is 52.8 Å². The maximum Gasteiger partial charge on any atom is 0.133 e. The molecular formula is C19H20ClNO2S2. The van der Waals surface area contributed by atoms with E-state index < -0.39 is 4.08 Å². The monoisotopic (exact) mass is 393 g/mol. The predicted molar refractivity (Wildman–Crippen MR) is 109 cm³/mol. The van der Waals surface area contributed by atoms with Crippen LogP contribution in [0.25, 0.3) is 0 Å². The third-order valence-electron chi connectivity index (χ3n) is 4.34. The number of nitrogens with zero attached hydrogens (tertiary/aromatic N) is 1. The molecule has 3 rings (SSSR count). The predicted octanol–water partition coefficient (Wildman–Crippen LogP) is 5.56. The van der Waals surface area contributed by atoms with E-state index in [9.17, 15) is 10.3 Å². The fourth-order valence-electron chi connectivity index (χ4n) is 3.06. The number of aromatic hydroxyl groups is 1. The summed E-state index contributed by atoms with van der Waals surface area (Å²) >= 11 is 9.93. The summed E-state index contributed by atoms with van der Waals surface area (Å²) in [5, 5.41) is 24.3. The van der Waals surface area contributed by atoms with E-state index in [2.05, 4.69) is 5.16 Å². The molecular weight excluding hydrogens is 374 g/mol. The van der Waals surface area contributed by atoms with Crippen LogP contribution in [0, 0.1) is 13.8 Å². The van der Waals surface area contributed by atoms with Gasteiger partial charge in [0.25, 0.3) is 0 Å². The molecule has 0 aromatic heterocycles. The normalized spacial score (nSPS) is 17.5. The molecule has 1 heterocycles. The maximum atomic E-state index is 10.0. The molecule has 2 aromatic carbocycles. The van der Waals surface area contributed by atoms with Crippen molar-refractivity contribution in [2.24, 2.45) is 5.16 Å². The molecule has 0 amide bonds. The molecule has 1 aliphatic heterocycles. The molecule has 0 spiro atoms. The van der Waals surface area contributed by atoms with Crippen LogP contribution in [-0.2, 0) is 4.08 Å². The SMILES string of the molecule is Cc1cc(C2(/C(=N/O)c3ccccc3Cl)SCCCS2)c(C)cc1O. The minimum Gasteiger partial charge on any atom is -0.508 e. The van der Waals surface area contributed by atoms with Crippen LogP contribution in [0.15, 0.2) is 41.6 Å². The Morgan fingerprint density at radius 3 is 2.44 bits per heavy atom. The van der Waals surface area contributed by atoms with Crippen molar-refractivity contribution >= 4 is 40.8 Å². The van der Waals surface area contributed by atoms with Crippen molar-refractivity contribution in [3.8, 4) is 5.75 Å². The lowest BCUT2D eigenvalue weighted by molar-refractivity contribution is 0.318. The van der Waals surface area contributed by atoms with Gasteiger partial charge >= 0.3 is 0 Å². The van der Waals surface area contributed by atoms with Crippen LogP contribution in [0.5, 0.6) is 5.75 Å². The molecule has 6 heteroatoms. The molecule has 25 heavy (non-hydrogen) atoms. The summed E-state index contributed by atoms with van der Waals surface area (Å²) in [5.41, 5.74) is 4.12. The van der Waals surface area contributed by atoms with Crippen molar-refractivity contribution in [3.63, 3.8) is 0 Å². The third kappa shape index (κ3) is 3.37. The van der Waals surface area contributed by atoms with Crippen LogP contribution >= 0.6 is 35.1 Å². The maximum absolute atomic E-state index is 10.0. The van der Waals surface area contributed by atoms with Crippen LogP contribution in [-0.4, -0.2) is 27.5 Å². The van der Waals surface area contributed by atoms with Crippen molar-refractivity contribution in [2.75, 3.05) is 11.5 Å². The molecule has 0 radical (unpaired) electrons. The smallest absolute Gasteiger partial charge is 0.133 e. The molecule has 3 nitrogen and oxygen atoms in total. The number of hydrogen-bond donors (Lipinski definition) is 2. The highest BCUT2D eigenvalue weighted by Crippen LogP contribution is 2.54. The zero-order valence-corrected chi connectivity index (χ0v) is 16.5. The van der Waals surface area contributed by atoms with E-state index in [4.69, 9.17) is 11.6 Å². The fourth-order valence-corrected chi connectivity index (χ4v) is 6.78. The first-order valence-corrected chi connectivity index (χ1v) is 10.4. The van der Waals surface area contributed by atoms with Gasteiger partial charge in [-0.1, -0.05) is 35.0 Å². The van der Waals surface area contributed by atoms with Gasteiger partial charge in [0.1, 0.15) is 15.5 Å². The number of oxime groups is 1. The summed E-state index contributed by atoms with van der Waals surface area (Å²) in [4.78, 5) is 0. The summed E-state index contributed by atoms with van der Waals surface area (Å²) in [6.45, 7) is 3.86. The van der Waals surface area contributed by atoms with E-state index in [0.29, 0.717) is 10.7 Å². The second-order valence-corrected chi connectivity index (χ2v) is 9.33. The molecule has 1 saturated heterocycles. The minimum atomic E-state index is -0.555. The van der Waals surface area contributed by atoms with E-state index in [1.165, 1.54) is 0 Å². The molecule has 0 unspecified atom stereocenters. The van der Waals surface area contributed by atoms with Gasteiger partial charge in [-0.3, -0.25) is 0 Å². The minimum absolute atomic E-state index is 0.280. The number of benzene rings is 2. The molecule has 1 fully saturated rings. The Morgan fingerprint density at radius 2 is 1.80 bits per heavy atom. The second kappa shape index (κ2) is 7.52. The molecule has 0 atom stereocenters. The number of aryl methyl sites for hydroxylation is 2.